The number of carbonyl (C=O) groups excluding carboxylic acids is 1. The molecule has 0 spiro atoms. The second-order valence-electron chi connectivity index (χ2n) is 9.92. The van der Waals surface area contributed by atoms with Crippen molar-refractivity contribution in [2.45, 2.75) is 97.7 Å². The van der Waals surface area contributed by atoms with Crippen LogP contribution in [0.1, 0.15) is 55.4 Å². The molecular formula is C17H39NO2Si2. The van der Waals surface area contributed by atoms with Crippen LogP contribution in [0.2, 0.25) is 36.3 Å². The van der Waals surface area contributed by atoms with Crippen LogP contribution in [0.25, 0.3) is 0 Å². The van der Waals surface area contributed by atoms with E-state index < -0.39 is 16.6 Å². The lowest BCUT2D eigenvalue weighted by atomic mass is 10.1. The molecule has 0 saturated carbocycles. The van der Waals surface area contributed by atoms with E-state index in [1.807, 2.05) is 0 Å². The summed E-state index contributed by atoms with van der Waals surface area (Å²) in [4.78, 5) is 16.5. The van der Waals surface area contributed by atoms with Crippen molar-refractivity contribution in [1.29, 1.82) is 0 Å². The lowest BCUT2D eigenvalue weighted by Crippen LogP contribution is -2.61. The maximum absolute atomic E-state index is 12.8. The summed E-state index contributed by atoms with van der Waals surface area (Å²) in [6.07, 6.45) is 0. The summed E-state index contributed by atoms with van der Waals surface area (Å²) >= 11 is 0. The summed E-state index contributed by atoms with van der Waals surface area (Å²) in [5.41, 5.74) is 0. The van der Waals surface area contributed by atoms with Gasteiger partial charge in [-0.25, -0.2) is 0 Å². The molecule has 0 aromatic rings. The van der Waals surface area contributed by atoms with E-state index in [2.05, 4.69) is 86.6 Å². The fourth-order valence-corrected chi connectivity index (χ4v) is 4.17. The Bertz CT molecular complexity index is 390. The van der Waals surface area contributed by atoms with Gasteiger partial charge in [-0.15, -0.1) is 0 Å². The molecule has 0 aliphatic carbocycles. The van der Waals surface area contributed by atoms with E-state index in [1.54, 1.807) is 0 Å². The average Bonchev–Trinajstić information content (AvgIpc) is 2.21. The van der Waals surface area contributed by atoms with E-state index >= 15 is 0 Å². The summed E-state index contributed by atoms with van der Waals surface area (Å²) in [5, 5.41) is 0.235. The van der Waals surface area contributed by atoms with Crippen LogP contribution in [-0.2, 0) is 9.22 Å². The molecular weight excluding hydrogens is 306 g/mol. The second kappa shape index (κ2) is 6.77. The highest BCUT2D eigenvalue weighted by molar-refractivity contribution is 6.78. The van der Waals surface area contributed by atoms with Gasteiger partial charge in [0.05, 0.1) is 0 Å². The lowest BCUT2D eigenvalue weighted by Gasteiger charge is -2.42. The fourth-order valence-electron chi connectivity index (χ4n) is 1.57. The van der Waals surface area contributed by atoms with Crippen molar-refractivity contribution in [2.24, 2.45) is 5.92 Å². The highest BCUT2D eigenvalue weighted by atomic mass is 28.4. The SMILES string of the molecule is CC(C)C(N[Si](C)(C)C(C)(C)C)C(=O)O[Si](C)(C)C(C)(C)C. The topological polar surface area (TPSA) is 38.3 Å². The number of hydrogen-bond acceptors (Lipinski definition) is 3. The number of rotatable bonds is 5. The van der Waals surface area contributed by atoms with Crippen molar-refractivity contribution in [3.8, 4) is 0 Å². The molecule has 0 heterocycles. The average molecular weight is 346 g/mol. The first kappa shape index (κ1) is 21.9. The van der Waals surface area contributed by atoms with Gasteiger partial charge in [-0.1, -0.05) is 68.5 Å². The Morgan fingerprint density at radius 1 is 0.909 bits per heavy atom. The predicted octanol–water partition coefficient (Wildman–Crippen LogP) is 5.15. The van der Waals surface area contributed by atoms with Crippen LogP contribution >= 0.6 is 0 Å². The number of carbonyl (C=O) groups is 1. The van der Waals surface area contributed by atoms with Crippen molar-refractivity contribution >= 4 is 22.5 Å². The van der Waals surface area contributed by atoms with Gasteiger partial charge in [0.2, 0.25) is 0 Å². The quantitative estimate of drug-likeness (QED) is 0.700. The van der Waals surface area contributed by atoms with Gasteiger partial charge in [-0.2, -0.15) is 0 Å². The van der Waals surface area contributed by atoms with Crippen LogP contribution in [0.3, 0.4) is 0 Å². The molecule has 0 aromatic heterocycles. The molecule has 5 heteroatoms. The Morgan fingerprint density at radius 2 is 1.32 bits per heavy atom. The third-order valence-electron chi connectivity index (χ3n) is 5.47. The first-order valence-corrected chi connectivity index (χ1v) is 14.3. The molecule has 0 bridgehead atoms. The van der Waals surface area contributed by atoms with Crippen molar-refractivity contribution in [3.63, 3.8) is 0 Å². The van der Waals surface area contributed by atoms with Crippen molar-refractivity contribution in [1.82, 2.24) is 4.98 Å². The molecule has 0 saturated heterocycles. The first-order chi connectivity index (χ1) is 9.42. The van der Waals surface area contributed by atoms with E-state index in [0.29, 0.717) is 0 Å². The van der Waals surface area contributed by atoms with Crippen molar-refractivity contribution in [2.75, 3.05) is 0 Å². The van der Waals surface area contributed by atoms with E-state index in [0.717, 1.165) is 0 Å². The zero-order chi connectivity index (χ0) is 18.1. The lowest BCUT2D eigenvalue weighted by molar-refractivity contribution is -0.138. The molecule has 0 aromatic carbocycles. The molecule has 0 aliphatic rings. The maximum atomic E-state index is 12.8. The van der Waals surface area contributed by atoms with Crippen molar-refractivity contribution < 1.29 is 9.22 Å². The monoisotopic (exact) mass is 345 g/mol. The molecule has 0 radical (unpaired) electrons. The van der Waals surface area contributed by atoms with Gasteiger partial charge >= 0.3 is 5.97 Å². The molecule has 3 nitrogen and oxygen atoms in total. The molecule has 0 fully saturated rings. The standard InChI is InChI=1S/C17H39NO2Si2/c1-13(2)14(18-21(9,10)16(3,4)5)15(19)20-22(11,12)17(6,7)8/h13-14,18H,1-12H3. The molecule has 1 unspecified atom stereocenters. The molecule has 0 rings (SSSR count). The van der Waals surface area contributed by atoms with Crippen LogP contribution in [-0.4, -0.2) is 28.6 Å². The fraction of sp³-hybridized carbons (Fsp3) is 0.941. The highest BCUT2D eigenvalue weighted by Gasteiger charge is 2.44. The Kier molecular flexibility index (Phi) is 6.73. The van der Waals surface area contributed by atoms with Gasteiger partial charge in [-0.3, -0.25) is 4.79 Å². The summed E-state index contributed by atoms with van der Waals surface area (Å²) in [6, 6.07) is -0.213. The van der Waals surface area contributed by atoms with Gasteiger partial charge in [0.15, 0.2) is 0 Å². The van der Waals surface area contributed by atoms with E-state index in [4.69, 9.17) is 4.43 Å². The minimum absolute atomic E-state index is 0.0428. The molecule has 22 heavy (non-hydrogen) atoms. The number of nitrogens with one attached hydrogen (secondary N) is 1. The molecule has 0 aliphatic heterocycles. The Morgan fingerprint density at radius 3 is 1.59 bits per heavy atom. The normalized spacial score (nSPS) is 15.9. The largest absolute Gasteiger partial charge is 0.518 e. The number of hydrogen-bond donors (Lipinski definition) is 1. The summed E-state index contributed by atoms with van der Waals surface area (Å²) in [5.74, 6) is 0.165. The Labute approximate surface area is 140 Å². The minimum Gasteiger partial charge on any atom is -0.518 e. The summed E-state index contributed by atoms with van der Waals surface area (Å²) in [6.45, 7) is 26.3. The van der Waals surface area contributed by atoms with Gasteiger partial charge in [0.25, 0.3) is 8.32 Å². The Balaban J connectivity index is 5.26. The zero-order valence-corrected chi connectivity index (χ0v) is 19.0. The smallest absolute Gasteiger partial charge is 0.309 e. The minimum atomic E-state index is -2.07. The predicted molar refractivity (Wildman–Crippen MR) is 102 cm³/mol. The third kappa shape index (κ3) is 5.50. The van der Waals surface area contributed by atoms with Crippen LogP contribution in [0.15, 0.2) is 0 Å². The van der Waals surface area contributed by atoms with E-state index in [9.17, 15) is 4.79 Å². The molecule has 132 valence electrons. The first-order valence-electron chi connectivity index (χ1n) is 8.43. The molecule has 0 amide bonds. The third-order valence-corrected chi connectivity index (χ3v) is 14.6. The van der Waals surface area contributed by atoms with Gasteiger partial charge in [0.1, 0.15) is 14.3 Å². The van der Waals surface area contributed by atoms with Crippen LogP contribution < -0.4 is 4.98 Å². The van der Waals surface area contributed by atoms with Crippen LogP contribution in [0.4, 0.5) is 0 Å². The van der Waals surface area contributed by atoms with E-state index in [-0.39, 0.29) is 28.0 Å². The van der Waals surface area contributed by atoms with E-state index in [1.165, 1.54) is 0 Å². The highest BCUT2D eigenvalue weighted by Crippen LogP contribution is 2.38. The van der Waals surface area contributed by atoms with Crippen molar-refractivity contribution in [3.05, 3.63) is 0 Å². The second-order valence-corrected chi connectivity index (χ2v) is 19.7. The molecule has 1 N–H and O–H groups in total. The maximum Gasteiger partial charge on any atom is 0.309 e. The Hall–Kier alpha value is -0.136. The van der Waals surface area contributed by atoms with Gasteiger partial charge < -0.3 is 9.41 Å². The van der Waals surface area contributed by atoms with Crippen LogP contribution in [0.5, 0.6) is 0 Å². The zero-order valence-electron chi connectivity index (χ0n) is 17.0. The molecule has 1 atom stereocenters. The van der Waals surface area contributed by atoms with Gasteiger partial charge in [-0.05, 0) is 29.1 Å². The van der Waals surface area contributed by atoms with Crippen LogP contribution in [0, 0.1) is 5.92 Å². The summed E-state index contributed by atoms with van der Waals surface area (Å²) < 4.78 is 6.04. The summed E-state index contributed by atoms with van der Waals surface area (Å²) in [7, 11) is -3.82. The van der Waals surface area contributed by atoms with Gasteiger partial charge in [0, 0.05) is 0 Å².